The summed E-state index contributed by atoms with van der Waals surface area (Å²) in [6, 6.07) is 11.3. The second kappa shape index (κ2) is 8.08. The minimum absolute atomic E-state index is 0.239. The quantitative estimate of drug-likeness (QED) is 0.796. The number of nitrogens with two attached hydrogens (primary N) is 1. The molecule has 0 aliphatic carbocycles. The standard InChI is InChI=1S/C22H25N3O2/c1-15-5-6-17(16(2)13-15)8-10-21(26)24-19-14-18(22(23)27)7-9-20(19)25-11-3-4-12-25/h5-10,13-14H,3-4,11-12H2,1-2H3,(H2,23,27)(H,24,26). The highest BCUT2D eigenvalue weighted by Crippen LogP contribution is 2.30. The average molecular weight is 363 g/mol. The fourth-order valence-corrected chi connectivity index (χ4v) is 3.38. The zero-order valence-electron chi connectivity index (χ0n) is 15.8. The lowest BCUT2D eigenvalue weighted by Gasteiger charge is -2.21. The maximum Gasteiger partial charge on any atom is 0.248 e. The predicted octanol–water partition coefficient (Wildman–Crippen LogP) is 3.65. The topological polar surface area (TPSA) is 75.4 Å². The fourth-order valence-electron chi connectivity index (χ4n) is 3.38. The smallest absolute Gasteiger partial charge is 0.248 e. The number of rotatable bonds is 5. The number of benzene rings is 2. The predicted molar refractivity (Wildman–Crippen MR) is 110 cm³/mol. The molecule has 0 spiro atoms. The van der Waals surface area contributed by atoms with E-state index in [2.05, 4.69) is 16.3 Å². The second-order valence-electron chi connectivity index (χ2n) is 6.97. The lowest BCUT2D eigenvalue weighted by Crippen LogP contribution is -2.21. The molecular formula is C22H25N3O2. The second-order valence-corrected chi connectivity index (χ2v) is 6.97. The van der Waals surface area contributed by atoms with Crippen LogP contribution in [0.25, 0.3) is 6.08 Å². The molecule has 2 aromatic carbocycles. The van der Waals surface area contributed by atoms with Crippen LogP contribution < -0.4 is 16.0 Å². The van der Waals surface area contributed by atoms with Crippen molar-refractivity contribution in [1.82, 2.24) is 0 Å². The Hall–Kier alpha value is -3.08. The Morgan fingerprint density at radius 1 is 1.07 bits per heavy atom. The van der Waals surface area contributed by atoms with Crippen molar-refractivity contribution in [2.45, 2.75) is 26.7 Å². The highest BCUT2D eigenvalue weighted by atomic mass is 16.1. The van der Waals surface area contributed by atoms with Gasteiger partial charge in [-0.3, -0.25) is 9.59 Å². The molecule has 0 saturated carbocycles. The van der Waals surface area contributed by atoms with E-state index in [0.717, 1.165) is 42.7 Å². The number of hydrogen-bond donors (Lipinski definition) is 2. The number of aryl methyl sites for hydroxylation is 2. The van der Waals surface area contributed by atoms with Crippen molar-refractivity contribution < 1.29 is 9.59 Å². The van der Waals surface area contributed by atoms with E-state index in [-0.39, 0.29) is 5.91 Å². The van der Waals surface area contributed by atoms with E-state index in [9.17, 15) is 9.59 Å². The normalized spacial score (nSPS) is 13.9. The van der Waals surface area contributed by atoms with Crippen molar-refractivity contribution in [2.75, 3.05) is 23.3 Å². The molecule has 0 radical (unpaired) electrons. The van der Waals surface area contributed by atoms with Crippen molar-refractivity contribution in [3.05, 3.63) is 64.7 Å². The number of primary amides is 1. The van der Waals surface area contributed by atoms with E-state index in [1.165, 1.54) is 11.6 Å². The van der Waals surface area contributed by atoms with E-state index < -0.39 is 5.91 Å². The summed E-state index contributed by atoms with van der Waals surface area (Å²) in [6.07, 6.45) is 5.56. The van der Waals surface area contributed by atoms with Gasteiger partial charge < -0.3 is 16.0 Å². The molecule has 1 heterocycles. The van der Waals surface area contributed by atoms with Gasteiger partial charge in [0.2, 0.25) is 11.8 Å². The lowest BCUT2D eigenvalue weighted by atomic mass is 10.1. The number of amides is 2. The molecule has 0 bridgehead atoms. The summed E-state index contributed by atoms with van der Waals surface area (Å²) < 4.78 is 0. The highest BCUT2D eigenvalue weighted by Gasteiger charge is 2.18. The molecule has 1 aliphatic heterocycles. The van der Waals surface area contributed by atoms with Crippen LogP contribution in [0.5, 0.6) is 0 Å². The van der Waals surface area contributed by atoms with Gasteiger partial charge in [0, 0.05) is 24.7 Å². The Bertz CT molecular complexity index is 896. The number of hydrogen-bond acceptors (Lipinski definition) is 3. The maximum absolute atomic E-state index is 12.5. The lowest BCUT2D eigenvalue weighted by molar-refractivity contribution is -0.111. The van der Waals surface area contributed by atoms with Gasteiger partial charge in [-0.15, -0.1) is 0 Å². The molecule has 3 rings (SSSR count). The fraction of sp³-hybridized carbons (Fsp3) is 0.273. The third kappa shape index (κ3) is 4.56. The van der Waals surface area contributed by atoms with Crippen molar-refractivity contribution in [3.63, 3.8) is 0 Å². The average Bonchev–Trinajstić information content (AvgIpc) is 3.15. The number of anilines is 2. The first-order valence-corrected chi connectivity index (χ1v) is 9.19. The molecule has 5 heteroatoms. The maximum atomic E-state index is 12.5. The molecule has 0 atom stereocenters. The Labute approximate surface area is 159 Å². The van der Waals surface area contributed by atoms with Gasteiger partial charge in [-0.25, -0.2) is 0 Å². The first-order valence-electron chi connectivity index (χ1n) is 9.19. The van der Waals surface area contributed by atoms with Gasteiger partial charge in [-0.2, -0.15) is 0 Å². The molecule has 1 saturated heterocycles. The first kappa shape index (κ1) is 18.7. The van der Waals surface area contributed by atoms with Gasteiger partial charge in [-0.1, -0.05) is 23.8 Å². The van der Waals surface area contributed by atoms with Gasteiger partial charge >= 0.3 is 0 Å². The SMILES string of the molecule is Cc1ccc(C=CC(=O)Nc2cc(C(N)=O)ccc2N2CCCC2)c(C)c1. The van der Waals surface area contributed by atoms with Crippen LogP contribution in [-0.4, -0.2) is 24.9 Å². The van der Waals surface area contributed by atoms with Crippen LogP contribution in [0.15, 0.2) is 42.5 Å². The summed E-state index contributed by atoms with van der Waals surface area (Å²) in [6.45, 7) is 5.94. The molecule has 5 nitrogen and oxygen atoms in total. The van der Waals surface area contributed by atoms with Crippen molar-refractivity contribution in [3.8, 4) is 0 Å². The first-order chi connectivity index (χ1) is 12.9. The summed E-state index contributed by atoms with van der Waals surface area (Å²) in [5.41, 5.74) is 10.6. The zero-order valence-corrected chi connectivity index (χ0v) is 15.8. The van der Waals surface area contributed by atoms with Crippen molar-refractivity contribution in [1.29, 1.82) is 0 Å². The van der Waals surface area contributed by atoms with Crippen LogP contribution in [-0.2, 0) is 4.79 Å². The molecule has 1 aliphatic rings. The Balaban J connectivity index is 1.82. The van der Waals surface area contributed by atoms with E-state index in [4.69, 9.17) is 5.73 Å². The highest BCUT2D eigenvalue weighted by molar-refractivity contribution is 6.05. The Kier molecular flexibility index (Phi) is 5.60. The molecule has 2 amide bonds. The van der Waals surface area contributed by atoms with Crippen LogP contribution in [0.3, 0.4) is 0 Å². The third-order valence-corrected chi connectivity index (χ3v) is 4.83. The van der Waals surface area contributed by atoms with E-state index >= 15 is 0 Å². The summed E-state index contributed by atoms with van der Waals surface area (Å²) in [5, 5.41) is 2.91. The molecule has 140 valence electrons. The number of carbonyl (C=O) groups is 2. The van der Waals surface area contributed by atoms with Crippen molar-refractivity contribution >= 4 is 29.3 Å². The number of carbonyl (C=O) groups excluding carboxylic acids is 2. The minimum atomic E-state index is -0.510. The number of nitrogens with one attached hydrogen (secondary N) is 1. The van der Waals surface area contributed by atoms with Gasteiger partial charge in [-0.05, 0) is 62.1 Å². The Morgan fingerprint density at radius 3 is 2.48 bits per heavy atom. The van der Waals surface area contributed by atoms with Gasteiger partial charge in [0.25, 0.3) is 0 Å². The van der Waals surface area contributed by atoms with E-state index in [1.54, 1.807) is 18.2 Å². The zero-order chi connectivity index (χ0) is 19.4. The summed E-state index contributed by atoms with van der Waals surface area (Å²) >= 11 is 0. The molecule has 0 aromatic heterocycles. The van der Waals surface area contributed by atoms with Gasteiger partial charge in [0.1, 0.15) is 0 Å². The molecule has 27 heavy (non-hydrogen) atoms. The van der Waals surface area contributed by atoms with Crippen LogP contribution in [0.1, 0.15) is 39.9 Å². The largest absolute Gasteiger partial charge is 0.370 e. The molecule has 1 fully saturated rings. The molecular weight excluding hydrogens is 338 g/mol. The van der Waals surface area contributed by atoms with Crippen LogP contribution >= 0.6 is 0 Å². The van der Waals surface area contributed by atoms with Crippen LogP contribution in [0, 0.1) is 13.8 Å². The summed E-state index contributed by atoms with van der Waals surface area (Å²) in [7, 11) is 0. The molecule has 3 N–H and O–H groups in total. The van der Waals surface area contributed by atoms with E-state index in [0.29, 0.717) is 11.3 Å². The summed E-state index contributed by atoms with van der Waals surface area (Å²) in [5.74, 6) is -0.749. The van der Waals surface area contributed by atoms with Gasteiger partial charge in [0.15, 0.2) is 0 Å². The van der Waals surface area contributed by atoms with Crippen LogP contribution in [0.2, 0.25) is 0 Å². The van der Waals surface area contributed by atoms with Crippen LogP contribution in [0.4, 0.5) is 11.4 Å². The Morgan fingerprint density at radius 2 is 1.81 bits per heavy atom. The third-order valence-electron chi connectivity index (χ3n) is 4.83. The van der Waals surface area contributed by atoms with E-state index in [1.807, 2.05) is 32.0 Å². The number of nitrogens with zero attached hydrogens (tertiary/aromatic N) is 1. The molecule has 2 aromatic rings. The van der Waals surface area contributed by atoms with Crippen molar-refractivity contribution in [2.24, 2.45) is 5.73 Å². The summed E-state index contributed by atoms with van der Waals surface area (Å²) in [4.78, 5) is 26.2. The molecule has 0 unspecified atom stereocenters. The van der Waals surface area contributed by atoms with Gasteiger partial charge in [0.05, 0.1) is 11.4 Å². The monoisotopic (exact) mass is 363 g/mol. The minimum Gasteiger partial charge on any atom is -0.370 e.